The molecular weight excluding hydrogens is 432 g/mol. The average molecular weight is 465 g/mol. The van der Waals surface area contributed by atoms with Crippen molar-refractivity contribution in [3.63, 3.8) is 0 Å². The van der Waals surface area contributed by atoms with Crippen LogP contribution in [0.1, 0.15) is 78.0 Å². The van der Waals surface area contributed by atoms with Gasteiger partial charge in [-0.2, -0.15) is 0 Å². The lowest BCUT2D eigenvalue weighted by Crippen LogP contribution is -2.36. The highest BCUT2D eigenvalue weighted by Gasteiger charge is 2.37. The molecule has 1 aliphatic rings. The maximum Gasteiger partial charge on any atom is 0.349 e. The van der Waals surface area contributed by atoms with Gasteiger partial charge in [-0.25, -0.2) is 4.79 Å². The average Bonchev–Trinajstić information content (AvgIpc) is 3.34. The van der Waals surface area contributed by atoms with Crippen molar-refractivity contribution in [1.29, 1.82) is 0 Å². The molecule has 1 aromatic carbocycles. The summed E-state index contributed by atoms with van der Waals surface area (Å²) in [4.78, 5) is 15.2. The Bertz CT molecular complexity index is 1080. The number of aryl methyl sites for hydroxylation is 2. The molecule has 2 atom stereocenters. The Morgan fingerprint density at radius 3 is 2.47 bits per heavy atom. The van der Waals surface area contributed by atoms with E-state index in [1.807, 2.05) is 42.6 Å². The van der Waals surface area contributed by atoms with E-state index >= 15 is 0 Å². The summed E-state index contributed by atoms with van der Waals surface area (Å²) < 4.78 is 8.55. The fourth-order valence-electron chi connectivity index (χ4n) is 4.35. The maximum absolute atomic E-state index is 13.1. The van der Waals surface area contributed by atoms with Gasteiger partial charge in [0.1, 0.15) is 10.5 Å². The number of carbonyl (C=O) groups excluding carboxylic acids is 1. The Labute approximate surface area is 199 Å². The summed E-state index contributed by atoms with van der Waals surface area (Å²) in [5, 5.41) is 0. The van der Waals surface area contributed by atoms with Crippen molar-refractivity contribution < 1.29 is 9.53 Å². The Morgan fingerprint density at radius 2 is 1.75 bits per heavy atom. The molecule has 0 N–H and O–H groups in total. The van der Waals surface area contributed by atoms with E-state index in [1.165, 1.54) is 44.7 Å². The molecule has 0 fully saturated rings. The van der Waals surface area contributed by atoms with Crippen LogP contribution in [0.2, 0.25) is 0 Å². The number of carbonyl (C=O) groups is 1. The number of hydrogen-bond donors (Lipinski definition) is 0. The molecule has 168 valence electrons. The SMILES string of the molecule is CCCCCc1cc2sc(C(=O)OC3(C)C=CC=CC3c3ccc(CCC)cc3)cc2s1. The predicted octanol–water partition coefficient (Wildman–Crippen LogP) is 8.47. The largest absolute Gasteiger partial charge is 0.450 e. The molecule has 0 saturated heterocycles. The smallest absolute Gasteiger partial charge is 0.349 e. The third-order valence-corrected chi connectivity index (χ3v) is 8.47. The van der Waals surface area contributed by atoms with E-state index in [4.69, 9.17) is 4.74 Å². The van der Waals surface area contributed by atoms with Gasteiger partial charge in [0.15, 0.2) is 0 Å². The van der Waals surface area contributed by atoms with Gasteiger partial charge in [-0.1, -0.05) is 75.6 Å². The monoisotopic (exact) mass is 464 g/mol. The standard InChI is InChI=1S/C28H32O2S2/c1-4-6-7-11-22-18-24-25(31-22)19-26(32-24)27(29)30-28(3)17-9-8-12-23(28)21-15-13-20(10-5-2)14-16-21/h8-9,12-19,23H,4-7,10-11H2,1-3H3. The van der Waals surface area contributed by atoms with E-state index in [-0.39, 0.29) is 11.9 Å². The lowest BCUT2D eigenvalue weighted by Gasteiger charge is -2.35. The highest BCUT2D eigenvalue weighted by Crippen LogP contribution is 2.39. The third kappa shape index (κ3) is 5.07. The van der Waals surface area contributed by atoms with Crippen molar-refractivity contribution in [2.75, 3.05) is 0 Å². The minimum absolute atomic E-state index is 0.00151. The van der Waals surface area contributed by atoms with E-state index in [2.05, 4.69) is 50.3 Å². The fraction of sp³-hybridized carbons (Fsp3) is 0.393. The predicted molar refractivity (Wildman–Crippen MR) is 138 cm³/mol. The summed E-state index contributed by atoms with van der Waals surface area (Å²) in [6.07, 6.45) is 15.3. The number of unbranched alkanes of at least 4 members (excludes halogenated alkanes) is 2. The number of rotatable bonds is 9. The van der Waals surface area contributed by atoms with Crippen molar-refractivity contribution in [1.82, 2.24) is 0 Å². The van der Waals surface area contributed by atoms with Gasteiger partial charge in [-0.3, -0.25) is 0 Å². The van der Waals surface area contributed by atoms with Crippen LogP contribution in [0.5, 0.6) is 0 Å². The maximum atomic E-state index is 13.1. The molecule has 3 aromatic rings. The summed E-state index contributed by atoms with van der Waals surface area (Å²) >= 11 is 3.36. The van der Waals surface area contributed by atoms with Crippen LogP contribution >= 0.6 is 22.7 Å². The first-order valence-electron chi connectivity index (χ1n) is 11.7. The number of fused-ring (bicyclic) bond motifs is 1. The second-order valence-corrected chi connectivity index (χ2v) is 11.0. The van der Waals surface area contributed by atoms with E-state index in [0.717, 1.165) is 19.3 Å². The minimum atomic E-state index is -0.708. The van der Waals surface area contributed by atoms with E-state index < -0.39 is 5.60 Å². The molecule has 0 saturated carbocycles. The van der Waals surface area contributed by atoms with Crippen LogP contribution in [-0.2, 0) is 17.6 Å². The lowest BCUT2D eigenvalue weighted by atomic mass is 9.80. The number of benzene rings is 1. The van der Waals surface area contributed by atoms with Crippen molar-refractivity contribution >= 4 is 38.0 Å². The Morgan fingerprint density at radius 1 is 0.969 bits per heavy atom. The summed E-state index contributed by atoms with van der Waals surface area (Å²) in [6.45, 7) is 6.44. The molecule has 0 aliphatic heterocycles. The molecule has 2 unspecified atom stereocenters. The number of hydrogen-bond acceptors (Lipinski definition) is 4. The quantitative estimate of drug-likeness (QED) is 0.234. The van der Waals surface area contributed by atoms with Gasteiger partial charge < -0.3 is 4.74 Å². The summed E-state index contributed by atoms with van der Waals surface area (Å²) in [7, 11) is 0. The number of ether oxygens (including phenoxy) is 1. The molecule has 4 rings (SSSR count). The number of allylic oxidation sites excluding steroid dienone is 2. The van der Waals surface area contributed by atoms with E-state index in [0.29, 0.717) is 4.88 Å². The van der Waals surface area contributed by atoms with E-state index in [9.17, 15) is 4.79 Å². The second kappa shape index (κ2) is 10.2. The van der Waals surface area contributed by atoms with Crippen molar-refractivity contribution in [3.8, 4) is 0 Å². The van der Waals surface area contributed by atoms with Crippen molar-refractivity contribution in [2.24, 2.45) is 0 Å². The van der Waals surface area contributed by atoms with Crippen LogP contribution in [0.15, 0.2) is 60.7 Å². The summed E-state index contributed by atoms with van der Waals surface area (Å²) in [5.41, 5.74) is 1.81. The molecule has 0 spiro atoms. The third-order valence-electron chi connectivity index (χ3n) is 6.14. The first-order chi connectivity index (χ1) is 15.5. The lowest BCUT2D eigenvalue weighted by molar-refractivity contribution is 0.00580. The van der Waals surface area contributed by atoms with Crippen LogP contribution in [0.4, 0.5) is 0 Å². The number of thiophene rings is 2. The van der Waals surface area contributed by atoms with E-state index in [1.54, 1.807) is 11.3 Å². The van der Waals surface area contributed by atoms with Gasteiger partial charge in [-0.15, -0.1) is 22.7 Å². The minimum Gasteiger partial charge on any atom is -0.450 e. The van der Waals surface area contributed by atoms with Gasteiger partial charge in [0.25, 0.3) is 0 Å². The summed E-state index contributed by atoms with van der Waals surface area (Å²) in [6, 6.07) is 13.0. The molecule has 2 nitrogen and oxygen atoms in total. The molecule has 0 bridgehead atoms. The Hall–Kier alpha value is -2.17. The molecule has 2 heterocycles. The van der Waals surface area contributed by atoms with Crippen molar-refractivity contribution in [3.05, 3.63) is 81.6 Å². The molecule has 0 amide bonds. The second-order valence-electron chi connectivity index (χ2n) is 8.80. The van der Waals surface area contributed by atoms with Crippen LogP contribution < -0.4 is 0 Å². The Balaban J connectivity index is 1.49. The topological polar surface area (TPSA) is 26.3 Å². The highest BCUT2D eigenvalue weighted by molar-refractivity contribution is 7.28. The molecule has 1 aliphatic carbocycles. The normalized spacial score (nSPS) is 20.2. The molecular formula is C28H32O2S2. The van der Waals surface area contributed by atoms with Gasteiger partial charge >= 0.3 is 5.97 Å². The first-order valence-corrected chi connectivity index (χ1v) is 13.4. The van der Waals surface area contributed by atoms with Gasteiger partial charge in [0.05, 0.1) is 0 Å². The molecule has 32 heavy (non-hydrogen) atoms. The molecule has 2 aromatic heterocycles. The van der Waals surface area contributed by atoms with Gasteiger partial charge in [0.2, 0.25) is 0 Å². The Kier molecular flexibility index (Phi) is 7.32. The van der Waals surface area contributed by atoms with Crippen LogP contribution in [0.3, 0.4) is 0 Å². The van der Waals surface area contributed by atoms with Gasteiger partial charge in [-0.05, 0) is 55.5 Å². The fourth-order valence-corrected chi connectivity index (χ4v) is 6.69. The van der Waals surface area contributed by atoms with Crippen molar-refractivity contribution in [2.45, 2.75) is 70.8 Å². The van der Waals surface area contributed by atoms with Crippen LogP contribution in [0.25, 0.3) is 9.40 Å². The summed E-state index contributed by atoms with van der Waals surface area (Å²) in [5.74, 6) is -0.237. The van der Waals surface area contributed by atoms with Gasteiger partial charge in [0, 0.05) is 20.2 Å². The number of esters is 1. The zero-order chi connectivity index (χ0) is 22.6. The first kappa shape index (κ1) is 23.0. The highest BCUT2D eigenvalue weighted by atomic mass is 32.1. The molecule has 4 heteroatoms. The molecule has 0 radical (unpaired) electrons. The van der Waals surface area contributed by atoms with Crippen LogP contribution in [-0.4, -0.2) is 11.6 Å². The zero-order valence-electron chi connectivity index (χ0n) is 19.2. The van der Waals surface area contributed by atoms with Crippen LogP contribution in [0, 0.1) is 0 Å². The zero-order valence-corrected chi connectivity index (χ0v) is 20.9.